The second-order valence-electron chi connectivity index (χ2n) is 5.70. The van der Waals surface area contributed by atoms with Gasteiger partial charge in [-0.25, -0.2) is 8.42 Å². The van der Waals surface area contributed by atoms with E-state index in [0.29, 0.717) is 18.0 Å². The molecule has 0 aromatic heterocycles. The smallest absolute Gasteiger partial charge is 0.237 e. The van der Waals surface area contributed by atoms with E-state index in [4.69, 9.17) is 9.47 Å². The molecule has 0 aliphatic carbocycles. The fourth-order valence-corrected chi connectivity index (χ4v) is 5.83. The third-order valence-electron chi connectivity index (χ3n) is 4.11. The van der Waals surface area contributed by atoms with Crippen LogP contribution in [0.2, 0.25) is 0 Å². The minimum absolute atomic E-state index is 0.342. The molecule has 2 aromatic carbocycles. The lowest BCUT2D eigenvalue weighted by molar-refractivity contribution is 0.384. The van der Waals surface area contributed by atoms with Crippen LogP contribution in [0.1, 0.15) is 16.5 Å². The molecule has 0 saturated carbocycles. The SMILES string of the molecule is COc1ccc(OC)c(C2SCCN2S(=O)(=O)C=Cc2ccccc2)c1. The molecule has 2 aromatic rings. The maximum absolute atomic E-state index is 12.9. The van der Waals surface area contributed by atoms with Crippen LogP contribution in [0.15, 0.2) is 53.9 Å². The molecule has 1 fully saturated rings. The third kappa shape index (κ3) is 4.06. The molecule has 0 radical (unpaired) electrons. The summed E-state index contributed by atoms with van der Waals surface area (Å²) in [6.07, 6.45) is 1.62. The highest BCUT2D eigenvalue weighted by Gasteiger charge is 2.36. The summed E-state index contributed by atoms with van der Waals surface area (Å²) in [7, 11) is -0.394. The number of thioether (sulfide) groups is 1. The Balaban J connectivity index is 1.92. The summed E-state index contributed by atoms with van der Waals surface area (Å²) >= 11 is 1.58. The summed E-state index contributed by atoms with van der Waals surface area (Å²) in [6.45, 7) is 0.456. The van der Waals surface area contributed by atoms with Crippen LogP contribution in [0.25, 0.3) is 6.08 Å². The molecule has 138 valence electrons. The molecule has 0 bridgehead atoms. The Morgan fingerprint density at radius 2 is 1.88 bits per heavy atom. The third-order valence-corrected chi connectivity index (χ3v) is 7.01. The molecule has 1 heterocycles. The first-order chi connectivity index (χ1) is 12.5. The van der Waals surface area contributed by atoms with Gasteiger partial charge in [0, 0.05) is 23.3 Å². The molecule has 1 aliphatic rings. The van der Waals surface area contributed by atoms with Gasteiger partial charge in [-0.05, 0) is 29.8 Å². The zero-order chi connectivity index (χ0) is 18.6. The molecular formula is C19H21NO4S2. The predicted octanol–water partition coefficient (Wildman–Crippen LogP) is 3.75. The Hall–Kier alpha value is -1.96. The first-order valence-electron chi connectivity index (χ1n) is 8.13. The molecule has 0 spiro atoms. The Kier molecular flexibility index (Phi) is 5.90. The fraction of sp³-hybridized carbons (Fsp3) is 0.263. The molecule has 26 heavy (non-hydrogen) atoms. The zero-order valence-corrected chi connectivity index (χ0v) is 16.3. The van der Waals surface area contributed by atoms with Crippen molar-refractivity contribution >= 4 is 27.9 Å². The number of ether oxygens (including phenoxy) is 2. The van der Waals surface area contributed by atoms with E-state index in [1.807, 2.05) is 36.4 Å². The van der Waals surface area contributed by atoms with Crippen molar-refractivity contribution in [1.82, 2.24) is 4.31 Å². The van der Waals surface area contributed by atoms with E-state index in [9.17, 15) is 8.42 Å². The van der Waals surface area contributed by atoms with Gasteiger partial charge >= 0.3 is 0 Å². The number of methoxy groups -OCH3 is 2. The van der Waals surface area contributed by atoms with Gasteiger partial charge in [0.25, 0.3) is 0 Å². The number of hydrogen-bond acceptors (Lipinski definition) is 5. The summed E-state index contributed by atoms with van der Waals surface area (Å²) in [6, 6.07) is 14.8. The maximum Gasteiger partial charge on any atom is 0.237 e. The van der Waals surface area contributed by atoms with Crippen molar-refractivity contribution in [3.63, 3.8) is 0 Å². The summed E-state index contributed by atoms with van der Waals surface area (Å²) in [4.78, 5) is 0. The van der Waals surface area contributed by atoms with Crippen LogP contribution >= 0.6 is 11.8 Å². The highest BCUT2D eigenvalue weighted by Crippen LogP contribution is 2.44. The molecule has 5 nitrogen and oxygen atoms in total. The molecule has 3 rings (SSSR count). The second-order valence-corrected chi connectivity index (χ2v) is 8.66. The molecule has 1 unspecified atom stereocenters. The van der Waals surface area contributed by atoms with Gasteiger partial charge in [-0.3, -0.25) is 0 Å². The van der Waals surface area contributed by atoms with Crippen LogP contribution in [-0.4, -0.2) is 39.2 Å². The standard InChI is InChI=1S/C19H21NO4S2/c1-23-16-8-9-18(24-2)17(14-16)19-20(11-12-25-19)26(21,22)13-10-15-6-4-3-5-7-15/h3-10,13-14,19H,11-12H2,1-2H3. The quantitative estimate of drug-likeness (QED) is 0.751. The summed E-state index contributed by atoms with van der Waals surface area (Å²) in [5.74, 6) is 2.05. The highest BCUT2D eigenvalue weighted by atomic mass is 32.2. The largest absolute Gasteiger partial charge is 0.497 e. The van der Waals surface area contributed by atoms with E-state index in [0.717, 1.165) is 16.9 Å². The first kappa shape index (κ1) is 18.8. The minimum Gasteiger partial charge on any atom is -0.497 e. The van der Waals surface area contributed by atoms with Crippen molar-refractivity contribution in [1.29, 1.82) is 0 Å². The van der Waals surface area contributed by atoms with Crippen molar-refractivity contribution in [2.75, 3.05) is 26.5 Å². The van der Waals surface area contributed by atoms with Gasteiger partial charge in [-0.1, -0.05) is 30.3 Å². The van der Waals surface area contributed by atoms with E-state index < -0.39 is 10.0 Å². The van der Waals surface area contributed by atoms with Gasteiger partial charge in [0.05, 0.1) is 19.6 Å². The summed E-state index contributed by atoms with van der Waals surface area (Å²) in [5, 5.41) is 0.930. The number of hydrogen-bond donors (Lipinski definition) is 0. The molecular weight excluding hydrogens is 370 g/mol. The van der Waals surface area contributed by atoms with Crippen LogP contribution in [0, 0.1) is 0 Å². The van der Waals surface area contributed by atoms with Crippen molar-refractivity contribution in [3.8, 4) is 11.5 Å². The van der Waals surface area contributed by atoms with Crippen LogP contribution in [0.4, 0.5) is 0 Å². The number of rotatable bonds is 6. The number of benzene rings is 2. The van der Waals surface area contributed by atoms with Crippen LogP contribution in [0.5, 0.6) is 11.5 Å². The average molecular weight is 392 g/mol. The first-order valence-corrected chi connectivity index (χ1v) is 10.7. The Bertz CT molecular complexity index is 882. The normalized spacial score (nSPS) is 18.3. The number of sulfonamides is 1. The van der Waals surface area contributed by atoms with E-state index in [1.165, 1.54) is 9.71 Å². The fourth-order valence-electron chi connectivity index (χ4n) is 2.80. The van der Waals surface area contributed by atoms with Crippen LogP contribution in [-0.2, 0) is 10.0 Å². The van der Waals surface area contributed by atoms with Crippen LogP contribution < -0.4 is 9.47 Å². The molecule has 1 saturated heterocycles. The Morgan fingerprint density at radius 1 is 1.12 bits per heavy atom. The Labute approximate surface area is 158 Å². The zero-order valence-electron chi connectivity index (χ0n) is 14.7. The maximum atomic E-state index is 12.9. The van der Waals surface area contributed by atoms with E-state index >= 15 is 0 Å². The van der Waals surface area contributed by atoms with Crippen LogP contribution in [0.3, 0.4) is 0 Å². The average Bonchev–Trinajstić information content (AvgIpc) is 3.17. The molecule has 0 N–H and O–H groups in total. The van der Waals surface area contributed by atoms with Crippen molar-refractivity contribution < 1.29 is 17.9 Å². The molecule has 1 atom stereocenters. The lowest BCUT2D eigenvalue weighted by Gasteiger charge is -2.23. The number of nitrogens with zero attached hydrogens (tertiary/aromatic N) is 1. The van der Waals surface area contributed by atoms with Crippen molar-refractivity contribution in [2.24, 2.45) is 0 Å². The molecule has 0 amide bonds. The van der Waals surface area contributed by atoms with Gasteiger partial charge in [-0.15, -0.1) is 11.8 Å². The van der Waals surface area contributed by atoms with Gasteiger partial charge in [-0.2, -0.15) is 4.31 Å². The van der Waals surface area contributed by atoms with E-state index in [2.05, 4.69) is 0 Å². The Morgan fingerprint density at radius 3 is 2.58 bits per heavy atom. The van der Waals surface area contributed by atoms with Crippen molar-refractivity contribution in [2.45, 2.75) is 5.37 Å². The van der Waals surface area contributed by atoms with Crippen molar-refractivity contribution in [3.05, 3.63) is 65.1 Å². The van der Waals surface area contributed by atoms with Gasteiger partial charge in [0.1, 0.15) is 11.5 Å². The topological polar surface area (TPSA) is 55.8 Å². The minimum atomic E-state index is -3.56. The lowest BCUT2D eigenvalue weighted by Crippen LogP contribution is -2.29. The molecule has 1 aliphatic heterocycles. The van der Waals surface area contributed by atoms with E-state index in [1.54, 1.807) is 44.2 Å². The summed E-state index contributed by atoms with van der Waals surface area (Å²) in [5.41, 5.74) is 1.64. The predicted molar refractivity (Wildman–Crippen MR) is 106 cm³/mol. The lowest BCUT2D eigenvalue weighted by atomic mass is 10.2. The van der Waals surface area contributed by atoms with Gasteiger partial charge in [0.2, 0.25) is 10.0 Å². The van der Waals surface area contributed by atoms with E-state index in [-0.39, 0.29) is 5.37 Å². The second kappa shape index (κ2) is 8.16. The van der Waals surface area contributed by atoms with Gasteiger partial charge < -0.3 is 9.47 Å². The monoisotopic (exact) mass is 391 g/mol. The van der Waals surface area contributed by atoms with Gasteiger partial charge in [0.15, 0.2) is 0 Å². The highest BCUT2D eigenvalue weighted by molar-refractivity contribution is 8.01. The molecule has 7 heteroatoms. The summed E-state index contributed by atoms with van der Waals surface area (Å²) < 4.78 is 38.0.